The highest BCUT2D eigenvalue weighted by atomic mass is 32.2. The SMILES string of the molecule is O=C(c1ccccc1NS(=O)(=O)c1ccc2c(c1)CCCC2)N1CCCCC1. The van der Waals surface area contributed by atoms with Crippen LogP contribution in [0.2, 0.25) is 0 Å². The molecule has 1 aliphatic carbocycles. The molecule has 2 aliphatic rings. The van der Waals surface area contributed by atoms with Crippen LogP contribution in [0.15, 0.2) is 47.4 Å². The first kappa shape index (κ1) is 19.0. The summed E-state index contributed by atoms with van der Waals surface area (Å²) in [4.78, 5) is 15.0. The molecule has 5 nitrogen and oxygen atoms in total. The van der Waals surface area contributed by atoms with Crippen LogP contribution in [-0.4, -0.2) is 32.3 Å². The minimum absolute atomic E-state index is 0.108. The van der Waals surface area contributed by atoms with E-state index in [0.29, 0.717) is 11.3 Å². The summed E-state index contributed by atoms with van der Waals surface area (Å²) in [7, 11) is -3.75. The highest BCUT2D eigenvalue weighted by Gasteiger charge is 2.24. The van der Waals surface area contributed by atoms with Crippen LogP contribution in [-0.2, 0) is 22.9 Å². The van der Waals surface area contributed by atoms with Crippen molar-refractivity contribution in [2.45, 2.75) is 49.8 Å². The molecule has 2 aromatic rings. The van der Waals surface area contributed by atoms with Crippen molar-refractivity contribution >= 4 is 21.6 Å². The van der Waals surface area contributed by atoms with E-state index in [1.54, 1.807) is 36.4 Å². The standard InChI is InChI=1S/C22H26N2O3S/c25-22(24-14-6-1-7-15-24)20-10-4-5-11-21(20)23-28(26,27)19-13-12-17-8-2-3-9-18(17)16-19/h4-5,10-13,16,23H,1-3,6-9,14-15H2. The van der Waals surface area contributed by atoms with Gasteiger partial charge in [-0.3, -0.25) is 9.52 Å². The summed E-state index contributed by atoms with van der Waals surface area (Å²) in [5.41, 5.74) is 3.11. The summed E-state index contributed by atoms with van der Waals surface area (Å²) in [6, 6.07) is 12.3. The fourth-order valence-electron chi connectivity index (χ4n) is 4.11. The van der Waals surface area contributed by atoms with E-state index in [0.717, 1.165) is 63.6 Å². The molecule has 0 bridgehead atoms. The van der Waals surface area contributed by atoms with Gasteiger partial charge in [0.05, 0.1) is 16.1 Å². The molecular formula is C22H26N2O3S. The van der Waals surface area contributed by atoms with Gasteiger partial charge in [0, 0.05) is 13.1 Å². The zero-order chi connectivity index (χ0) is 19.6. The van der Waals surface area contributed by atoms with Crippen LogP contribution >= 0.6 is 0 Å². The Balaban J connectivity index is 1.61. The largest absolute Gasteiger partial charge is 0.339 e. The van der Waals surface area contributed by atoms with Crippen molar-refractivity contribution in [3.05, 3.63) is 59.2 Å². The van der Waals surface area contributed by atoms with E-state index in [1.165, 1.54) is 5.56 Å². The van der Waals surface area contributed by atoms with Crippen LogP contribution in [0, 0.1) is 0 Å². The van der Waals surface area contributed by atoms with Crippen molar-refractivity contribution in [1.29, 1.82) is 0 Å². The predicted octanol–water partition coefficient (Wildman–Crippen LogP) is 3.99. The van der Waals surface area contributed by atoms with E-state index in [-0.39, 0.29) is 10.8 Å². The van der Waals surface area contributed by atoms with E-state index >= 15 is 0 Å². The average Bonchev–Trinajstić information content (AvgIpc) is 2.73. The third kappa shape index (κ3) is 3.92. The Morgan fingerprint density at radius 2 is 1.57 bits per heavy atom. The molecule has 148 valence electrons. The lowest BCUT2D eigenvalue weighted by Crippen LogP contribution is -2.36. The van der Waals surface area contributed by atoms with Crippen LogP contribution in [0.5, 0.6) is 0 Å². The summed E-state index contributed by atoms with van der Waals surface area (Å²) in [6.45, 7) is 1.45. The maximum atomic E-state index is 13.0. The smallest absolute Gasteiger partial charge is 0.261 e. The molecule has 4 rings (SSSR count). The zero-order valence-corrected chi connectivity index (χ0v) is 16.8. The van der Waals surface area contributed by atoms with Gasteiger partial charge in [-0.2, -0.15) is 0 Å². The van der Waals surface area contributed by atoms with Gasteiger partial charge in [-0.1, -0.05) is 18.2 Å². The number of amides is 1. The van der Waals surface area contributed by atoms with Crippen molar-refractivity contribution in [3.8, 4) is 0 Å². The Labute approximate surface area is 166 Å². The van der Waals surface area contributed by atoms with Crippen LogP contribution in [0.25, 0.3) is 0 Å². The van der Waals surface area contributed by atoms with E-state index in [9.17, 15) is 13.2 Å². The number of hydrogen-bond acceptors (Lipinski definition) is 3. The third-order valence-electron chi connectivity index (χ3n) is 5.68. The van der Waals surface area contributed by atoms with Gasteiger partial charge >= 0.3 is 0 Å². The maximum absolute atomic E-state index is 13.0. The summed E-state index contributed by atoms with van der Waals surface area (Å²) in [5.74, 6) is -0.108. The number of carbonyl (C=O) groups excluding carboxylic acids is 1. The van der Waals surface area contributed by atoms with Crippen molar-refractivity contribution < 1.29 is 13.2 Å². The number of likely N-dealkylation sites (tertiary alicyclic amines) is 1. The molecule has 0 atom stereocenters. The Bertz CT molecular complexity index is 979. The van der Waals surface area contributed by atoms with Crippen molar-refractivity contribution in [1.82, 2.24) is 4.90 Å². The number of carbonyl (C=O) groups is 1. The number of para-hydroxylation sites is 1. The van der Waals surface area contributed by atoms with Crippen molar-refractivity contribution in [2.75, 3.05) is 17.8 Å². The molecule has 0 radical (unpaired) electrons. The Morgan fingerprint density at radius 1 is 0.857 bits per heavy atom. The van der Waals surface area contributed by atoms with Gasteiger partial charge < -0.3 is 4.90 Å². The lowest BCUT2D eigenvalue weighted by molar-refractivity contribution is 0.0725. The van der Waals surface area contributed by atoms with E-state index in [1.807, 2.05) is 11.0 Å². The predicted molar refractivity (Wildman–Crippen MR) is 110 cm³/mol. The first-order valence-corrected chi connectivity index (χ1v) is 11.6. The molecule has 0 aromatic heterocycles. The van der Waals surface area contributed by atoms with Crippen LogP contribution in [0.1, 0.15) is 53.6 Å². The summed E-state index contributed by atoms with van der Waals surface area (Å²) in [6.07, 6.45) is 7.30. The minimum atomic E-state index is -3.75. The second kappa shape index (κ2) is 7.95. The van der Waals surface area contributed by atoms with E-state index in [4.69, 9.17) is 0 Å². The molecule has 1 heterocycles. The normalized spacial score (nSPS) is 17.1. The fraction of sp³-hybridized carbons (Fsp3) is 0.409. The molecule has 0 saturated carbocycles. The molecule has 1 saturated heterocycles. The Hall–Kier alpha value is -2.34. The maximum Gasteiger partial charge on any atom is 0.261 e. The van der Waals surface area contributed by atoms with Gasteiger partial charge in [0.2, 0.25) is 0 Å². The summed E-state index contributed by atoms with van der Waals surface area (Å²) in [5, 5.41) is 0. The second-order valence-electron chi connectivity index (χ2n) is 7.64. The van der Waals surface area contributed by atoms with Gasteiger partial charge in [0.15, 0.2) is 0 Å². The van der Waals surface area contributed by atoms with Crippen LogP contribution < -0.4 is 4.72 Å². The van der Waals surface area contributed by atoms with Crippen LogP contribution in [0.4, 0.5) is 5.69 Å². The molecule has 0 unspecified atom stereocenters. The van der Waals surface area contributed by atoms with Crippen molar-refractivity contribution in [3.63, 3.8) is 0 Å². The van der Waals surface area contributed by atoms with Gasteiger partial charge in [0.25, 0.3) is 15.9 Å². The second-order valence-corrected chi connectivity index (χ2v) is 9.32. The van der Waals surface area contributed by atoms with Gasteiger partial charge in [-0.25, -0.2) is 8.42 Å². The van der Waals surface area contributed by atoms with Gasteiger partial charge in [-0.05, 0) is 80.3 Å². The number of hydrogen-bond donors (Lipinski definition) is 1. The minimum Gasteiger partial charge on any atom is -0.339 e. The third-order valence-corrected chi connectivity index (χ3v) is 7.04. The zero-order valence-electron chi connectivity index (χ0n) is 16.0. The molecule has 2 aromatic carbocycles. The monoisotopic (exact) mass is 398 g/mol. The molecule has 1 N–H and O–H groups in total. The van der Waals surface area contributed by atoms with E-state index in [2.05, 4.69) is 4.72 Å². The number of nitrogens with zero attached hydrogens (tertiary/aromatic N) is 1. The molecule has 1 amide bonds. The lowest BCUT2D eigenvalue weighted by atomic mass is 9.92. The first-order valence-electron chi connectivity index (χ1n) is 10.1. The summed E-state index contributed by atoms with van der Waals surface area (Å²) >= 11 is 0. The van der Waals surface area contributed by atoms with Crippen molar-refractivity contribution in [2.24, 2.45) is 0 Å². The molecule has 28 heavy (non-hydrogen) atoms. The number of anilines is 1. The number of aryl methyl sites for hydroxylation is 2. The molecule has 0 spiro atoms. The summed E-state index contributed by atoms with van der Waals surface area (Å²) < 4.78 is 28.7. The first-order chi connectivity index (χ1) is 13.5. The highest BCUT2D eigenvalue weighted by molar-refractivity contribution is 7.92. The molecule has 1 fully saturated rings. The topological polar surface area (TPSA) is 66.5 Å². The number of piperidine rings is 1. The highest BCUT2D eigenvalue weighted by Crippen LogP contribution is 2.27. The number of nitrogens with one attached hydrogen (secondary N) is 1. The number of fused-ring (bicyclic) bond motifs is 1. The Morgan fingerprint density at radius 3 is 2.36 bits per heavy atom. The molecule has 6 heteroatoms. The number of benzene rings is 2. The number of sulfonamides is 1. The van der Waals surface area contributed by atoms with Gasteiger partial charge in [-0.15, -0.1) is 0 Å². The lowest BCUT2D eigenvalue weighted by Gasteiger charge is -2.27. The quantitative estimate of drug-likeness (QED) is 0.847. The molecule has 1 aliphatic heterocycles. The Kier molecular flexibility index (Phi) is 5.40. The number of rotatable bonds is 4. The van der Waals surface area contributed by atoms with Crippen LogP contribution in [0.3, 0.4) is 0 Å². The van der Waals surface area contributed by atoms with Gasteiger partial charge in [0.1, 0.15) is 0 Å². The fourth-order valence-corrected chi connectivity index (χ4v) is 5.24. The average molecular weight is 399 g/mol. The van der Waals surface area contributed by atoms with E-state index < -0.39 is 10.0 Å². The molecular weight excluding hydrogens is 372 g/mol.